The number of carbonyl (C=O) groups is 1. The fraction of sp³-hybridized carbons (Fsp3) is 0.350. The maximum Gasteiger partial charge on any atom is 0.227 e. The van der Waals surface area contributed by atoms with Gasteiger partial charge in [-0.2, -0.15) is 0 Å². The van der Waals surface area contributed by atoms with E-state index in [1.165, 1.54) is 5.56 Å². The third-order valence-electron chi connectivity index (χ3n) is 4.50. The van der Waals surface area contributed by atoms with Crippen LogP contribution in [0.15, 0.2) is 48.5 Å². The molecule has 4 nitrogen and oxygen atoms in total. The van der Waals surface area contributed by atoms with Gasteiger partial charge < -0.3 is 15.4 Å². The maximum absolute atomic E-state index is 12.4. The lowest BCUT2D eigenvalue weighted by Gasteiger charge is -2.22. The van der Waals surface area contributed by atoms with Gasteiger partial charge in [0.2, 0.25) is 5.91 Å². The zero-order chi connectivity index (χ0) is 16.8. The summed E-state index contributed by atoms with van der Waals surface area (Å²) in [6, 6.07) is 16.1. The number of hydrogen-bond acceptors (Lipinski definition) is 3. The van der Waals surface area contributed by atoms with Gasteiger partial charge in [-0.25, -0.2) is 0 Å². The molecule has 5 heteroatoms. The van der Waals surface area contributed by atoms with Crippen LogP contribution in [-0.4, -0.2) is 26.1 Å². The van der Waals surface area contributed by atoms with E-state index in [-0.39, 0.29) is 24.2 Å². The topological polar surface area (TPSA) is 50.4 Å². The molecule has 1 saturated heterocycles. The van der Waals surface area contributed by atoms with Crippen LogP contribution in [0.25, 0.3) is 0 Å². The molecule has 3 rings (SSSR count). The first-order valence-electron chi connectivity index (χ1n) is 8.48. The fourth-order valence-corrected chi connectivity index (χ4v) is 3.14. The van der Waals surface area contributed by atoms with Gasteiger partial charge in [-0.15, -0.1) is 12.4 Å². The molecule has 25 heavy (non-hydrogen) atoms. The Kier molecular flexibility index (Phi) is 7.29. The summed E-state index contributed by atoms with van der Waals surface area (Å²) in [5.74, 6) is 1.07. The lowest BCUT2D eigenvalue weighted by molar-refractivity contribution is -0.120. The van der Waals surface area contributed by atoms with Crippen molar-refractivity contribution < 1.29 is 9.53 Å². The number of ether oxygens (including phenoxy) is 1. The molecule has 134 valence electrons. The minimum atomic E-state index is 0. The monoisotopic (exact) mass is 360 g/mol. The van der Waals surface area contributed by atoms with Gasteiger partial charge >= 0.3 is 0 Å². The predicted octanol–water partition coefficient (Wildman–Crippen LogP) is 3.65. The summed E-state index contributed by atoms with van der Waals surface area (Å²) in [7, 11) is 1.68. The summed E-state index contributed by atoms with van der Waals surface area (Å²) in [5.41, 5.74) is 3.13. The molecule has 0 aliphatic carbocycles. The Bertz CT molecular complexity index is 685. The zero-order valence-electron chi connectivity index (χ0n) is 14.5. The normalized spacial score (nSPS) is 14.4. The molecule has 0 radical (unpaired) electrons. The van der Waals surface area contributed by atoms with Gasteiger partial charge in [0.1, 0.15) is 5.75 Å². The zero-order valence-corrected chi connectivity index (χ0v) is 15.3. The molecular weight excluding hydrogens is 336 g/mol. The molecule has 0 unspecified atom stereocenters. The van der Waals surface area contributed by atoms with Crippen molar-refractivity contribution in [1.29, 1.82) is 0 Å². The fourth-order valence-electron chi connectivity index (χ4n) is 3.14. The minimum absolute atomic E-state index is 0. The molecular formula is C20H25ClN2O2. The summed E-state index contributed by atoms with van der Waals surface area (Å²) >= 11 is 0. The molecule has 1 heterocycles. The average Bonchev–Trinajstić information content (AvgIpc) is 2.63. The van der Waals surface area contributed by atoms with Gasteiger partial charge in [0.15, 0.2) is 0 Å². The second kappa shape index (κ2) is 9.44. The van der Waals surface area contributed by atoms with Crippen LogP contribution in [0.4, 0.5) is 5.69 Å². The molecule has 0 bridgehead atoms. The highest BCUT2D eigenvalue weighted by Crippen LogP contribution is 2.26. The lowest BCUT2D eigenvalue weighted by Crippen LogP contribution is -2.34. The summed E-state index contributed by atoms with van der Waals surface area (Å²) in [4.78, 5) is 12.4. The van der Waals surface area contributed by atoms with Crippen molar-refractivity contribution in [3.05, 3.63) is 59.7 Å². The smallest absolute Gasteiger partial charge is 0.227 e. The Morgan fingerprint density at radius 1 is 1.16 bits per heavy atom. The van der Waals surface area contributed by atoms with Crippen LogP contribution in [0, 0.1) is 5.92 Å². The summed E-state index contributed by atoms with van der Waals surface area (Å²) < 4.78 is 5.47. The van der Waals surface area contributed by atoms with E-state index >= 15 is 0 Å². The SMILES string of the molecule is COc1ccc(NC(=O)C2CCNCC2)cc1Cc1ccccc1.Cl. The van der Waals surface area contributed by atoms with E-state index in [9.17, 15) is 4.79 Å². The highest BCUT2D eigenvalue weighted by Gasteiger charge is 2.21. The number of benzene rings is 2. The van der Waals surface area contributed by atoms with Crippen LogP contribution in [0.5, 0.6) is 5.75 Å². The van der Waals surface area contributed by atoms with Crippen molar-refractivity contribution in [3.8, 4) is 5.75 Å². The number of methoxy groups -OCH3 is 1. The van der Waals surface area contributed by atoms with Crippen molar-refractivity contribution in [3.63, 3.8) is 0 Å². The van der Waals surface area contributed by atoms with Gasteiger partial charge in [0.05, 0.1) is 7.11 Å². The Hall–Kier alpha value is -2.04. The van der Waals surface area contributed by atoms with Crippen molar-refractivity contribution in [2.75, 3.05) is 25.5 Å². The average molecular weight is 361 g/mol. The van der Waals surface area contributed by atoms with Crippen LogP contribution < -0.4 is 15.4 Å². The number of amides is 1. The predicted molar refractivity (Wildman–Crippen MR) is 104 cm³/mol. The number of rotatable bonds is 5. The molecule has 2 aromatic carbocycles. The van der Waals surface area contributed by atoms with E-state index in [2.05, 4.69) is 22.8 Å². The third kappa shape index (κ3) is 5.21. The van der Waals surface area contributed by atoms with Gasteiger partial charge in [0, 0.05) is 23.6 Å². The number of piperidine rings is 1. The molecule has 2 aromatic rings. The summed E-state index contributed by atoms with van der Waals surface area (Å²) in [6.45, 7) is 1.83. The van der Waals surface area contributed by atoms with Crippen LogP contribution in [0.3, 0.4) is 0 Å². The number of halogens is 1. The number of hydrogen-bond donors (Lipinski definition) is 2. The maximum atomic E-state index is 12.4. The number of anilines is 1. The Morgan fingerprint density at radius 3 is 2.56 bits per heavy atom. The van der Waals surface area contributed by atoms with Crippen molar-refractivity contribution >= 4 is 24.0 Å². The second-order valence-corrected chi connectivity index (χ2v) is 6.20. The lowest BCUT2D eigenvalue weighted by atomic mass is 9.97. The summed E-state index contributed by atoms with van der Waals surface area (Å²) in [6.07, 6.45) is 2.58. The van der Waals surface area contributed by atoms with E-state index in [1.807, 2.05) is 36.4 Å². The first-order chi connectivity index (χ1) is 11.8. The first kappa shape index (κ1) is 19.3. The molecule has 2 N–H and O–H groups in total. The second-order valence-electron chi connectivity index (χ2n) is 6.20. The largest absolute Gasteiger partial charge is 0.496 e. The minimum Gasteiger partial charge on any atom is -0.496 e. The molecule has 0 atom stereocenters. The van der Waals surface area contributed by atoms with Crippen molar-refractivity contribution in [1.82, 2.24) is 5.32 Å². The van der Waals surface area contributed by atoms with E-state index in [0.29, 0.717) is 0 Å². The third-order valence-corrected chi connectivity index (χ3v) is 4.50. The van der Waals surface area contributed by atoms with Crippen molar-refractivity contribution in [2.24, 2.45) is 5.92 Å². The highest BCUT2D eigenvalue weighted by atomic mass is 35.5. The molecule has 0 aromatic heterocycles. The Morgan fingerprint density at radius 2 is 1.88 bits per heavy atom. The number of nitrogens with one attached hydrogen (secondary N) is 2. The van der Waals surface area contributed by atoms with E-state index in [4.69, 9.17) is 4.74 Å². The summed E-state index contributed by atoms with van der Waals surface area (Å²) in [5, 5.41) is 6.36. The molecule has 0 saturated carbocycles. The van der Waals surface area contributed by atoms with Crippen LogP contribution in [-0.2, 0) is 11.2 Å². The van der Waals surface area contributed by atoms with Gasteiger partial charge in [0.25, 0.3) is 0 Å². The molecule has 1 aliphatic heterocycles. The van der Waals surface area contributed by atoms with Gasteiger partial charge in [-0.3, -0.25) is 4.79 Å². The Balaban J connectivity index is 0.00000225. The quantitative estimate of drug-likeness (QED) is 0.855. The first-order valence-corrected chi connectivity index (χ1v) is 8.48. The van der Waals surface area contributed by atoms with Crippen LogP contribution in [0.1, 0.15) is 24.0 Å². The molecule has 0 spiro atoms. The van der Waals surface area contributed by atoms with Crippen LogP contribution >= 0.6 is 12.4 Å². The van der Waals surface area contributed by atoms with E-state index in [0.717, 1.165) is 49.4 Å². The van der Waals surface area contributed by atoms with Gasteiger partial charge in [-0.05, 0) is 49.7 Å². The van der Waals surface area contributed by atoms with Gasteiger partial charge in [-0.1, -0.05) is 30.3 Å². The Labute approximate surface area is 155 Å². The van der Waals surface area contributed by atoms with E-state index < -0.39 is 0 Å². The van der Waals surface area contributed by atoms with E-state index in [1.54, 1.807) is 7.11 Å². The standard InChI is InChI=1S/C20H24N2O2.ClH/c1-24-19-8-7-18(22-20(23)16-9-11-21-12-10-16)14-17(19)13-15-5-3-2-4-6-15;/h2-8,14,16,21H,9-13H2,1H3,(H,22,23);1H. The highest BCUT2D eigenvalue weighted by molar-refractivity contribution is 5.92. The molecule has 1 aliphatic rings. The van der Waals surface area contributed by atoms with Crippen LogP contribution in [0.2, 0.25) is 0 Å². The van der Waals surface area contributed by atoms with Crippen molar-refractivity contribution in [2.45, 2.75) is 19.3 Å². The molecule has 1 amide bonds. The molecule has 1 fully saturated rings. The number of carbonyl (C=O) groups excluding carboxylic acids is 1.